The van der Waals surface area contributed by atoms with Crippen LogP contribution in [0.3, 0.4) is 0 Å². The zero-order valence-corrected chi connectivity index (χ0v) is 14.6. The van der Waals surface area contributed by atoms with Gasteiger partial charge in [0.2, 0.25) is 0 Å². The normalized spacial score (nSPS) is 32.2. The second kappa shape index (κ2) is 9.33. The monoisotopic (exact) mass is 324 g/mol. The van der Waals surface area contributed by atoms with Gasteiger partial charge in [0.25, 0.3) is 0 Å². The van der Waals surface area contributed by atoms with Crippen molar-refractivity contribution in [1.82, 2.24) is 20.9 Å². The Hall–Kier alpha value is -0.200. The largest absolute Gasteiger partial charge is 0.395 e. The molecule has 1 unspecified atom stereocenters. The molecule has 0 radical (unpaired) electrons. The van der Waals surface area contributed by atoms with Gasteiger partial charge in [0.15, 0.2) is 0 Å². The maximum absolute atomic E-state index is 9.68. The van der Waals surface area contributed by atoms with Crippen LogP contribution in [0.1, 0.15) is 57.8 Å². The van der Waals surface area contributed by atoms with Gasteiger partial charge in [0, 0.05) is 31.8 Å². The quantitative estimate of drug-likeness (QED) is 0.531. The van der Waals surface area contributed by atoms with Crippen LogP contribution in [0.4, 0.5) is 0 Å². The van der Waals surface area contributed by atoms with Gasteiger partial charge in [-0.25, -0.2) is 0 Å². The van der Waals surface area contributed by atoms with E-state index in [4.69, 9.17) is 0 Å². The molecule has 5 nitrogen and oxygen atoms in total. The van der Waals surface area contributed by atoms with Gasteiger partial charge in [0.05, 0.1) is 12.8 Å². The molecule has 0 aromatic carbocycles. The van der Waals surface area contributed by atoms with Gasteiger partial charge in [-0.3, -0.25) is 10.2 Å². The molecule has 4 N–H and O–H groups in total. The molecule has 0 aromatic rings. The molecular weight excluding hydrogens is 288 g/mol. The molecule has 2 saturated heterocycles. The molecule has 3 atom stereocenters. The predicted octanol–water partition coefficient (Wildman–Crippen LogP) is 1.24. The highest BCUT2D eigenvalue weighted by atomic mass is 16.3. The number of piperidine rings is 1. The smallest absolute Gasteiger partial charge is 0.0597 e. The third-order valence-corrected chi connectivity index (χ3v) is 6.12. The lowest BCUT2D eigenvalue weighted by Crippen LogP contribution is -2.50. The number of nitrogens with zero attached hydrogens (tertiary/aromatic N) is 1. The summed E-state index contributed by atoms with van der Waals surface area (Å²) >= 11 is 0. The standard InChI is InChI=1S/C18H36N4O/c23-13-17(15-6-2-1-3-7-15)21-14-20-16-9-11-22(12-16)18-8-4-5-10-19-18/h15-21,23H,1-14H2/t16-,17-,18?/m1/s1. The summed E-state index contributed by atoms with van der Waals surface area (Å²) in [6.07, 6.45) is 12.5. The van der Waals surface area contributed by atoms with Gasteiger partial charge < -0.3 is 15.7 Å². The Morgan fingerprint density at radius 3 is 2.61 bits per heavy atom. The second-order valence-corrected chi connectivity index (χ2v) is 7.72. The van der Waals surface area contributed by atoms with E-state index in [0.717, 1.165) is 13.2 Å². The zero-order valence-electron chi connectivity index (χ0n) is 14.6. The average Bonchev–Trinajstić information content (AvgIpc) is 3.09. The van der Waals surface area contributed by atoms with E-state index in [2.05, 4.69) is 20.9 Å². The third kappa shape index (κ3) is 5.13. The highest BCUT2D eigenvalue weighted by molar-refractivity contribution is 4.86. The first-order valence-electron chi connectivity index (χ1n) is 9.92. The molecule has 1 aliphatic carbocycles. The van der Waals surface area contributed by atoms with Gasteiger partial charge >= 0.3 is 0 Å². The van der Waals surface area contributed by atoms with Crippen LogP contribution >= 0.6 is 0 Å². The zero-order chi connectivity index (χ0) is 15.9. The van der Waals surface area contributed by atoms with Crippen LogP contribution in [0.2, 0.25) is 0 Å². The minimum atomic E-state index is 0.273. The van der Waals surface area contributed by atoms with E-state index in [1.54, 1.807) is 0 Å². The van der Waals surface area contributed by atoms with Crippen molar-refractivity contribution in [3.05, 3.63) is 0 Å². The summed E-state index contributed by atoms with van der Waals surface area (Å²) in [5, 5.41) is 20.6. The molecule has 3 aliphatic rings. The fourth-order valence-electron chi connectivity index (χ4n) is 4.63. The Kier molecular flexibility index (Phi) is 7.14. The van der Waals surface area contributed by atoms with Crippen molar-refractivity contribution in [2.75, 3.05) is 32.9 Å². The number of nitrogens with one attached hydrogen (secondary N) is 3. The summed E-state index contributed by atoms with van der Waals surface area (Å²) in [6.45, 7) is 4.65. The molecule has 0 aromatic heterocycles. The first-order valence-corrected chi connectivity index (χ1v) is 9.92. The van der Waals surface area contributed by atoms with Crippen LogP contribution in [0.25, 0.3) is 0 Å². The lowest BCUT2D eigenvalue weighted by atomic mass is 9.84. The number of hydrogen-bond donors (Lipinski definition) is 4. The number of rotatable bonds is 7. The van der Waals surface area contributed by atoms with Gasteiger partial charge in [-0.1, -0.05) is 19.3 Å². The van der Waals surface area contributed by atoms with E-state index in [9.17, 15) is 5.11 Å². The Morgan fingerprint density at radius 1 is 1.04 bits per heavy atom. The highest BCUT2D eigenvalue weighted by Gasteiger charge is 2.29. The lowest BCUT2D eigenvalue weighted by Gasteiger charge is -2.32. The Morgan fingerprint density at radius 2 is 1.87 bits per heavy atom. The topological polar surface area (TPSA) is 59.6 Å². The molecule has 134 valence electrons. The molecule has 23 heavy (non-hydrogen) atoms. The highest BCUT2D eigenvalue weighted by Crippen LogP contribution is 2.26. The van der Waals surface area contributed by atoms with Crippen molar-refractivity contribution in [3.8, 4) is 0 Å². The summed E-state index contributed by atoms with van der Waals surface area (Å²) < 4.78 is 0. The Labute approximate surface area is 141 Å². The molecule has 3 fully saturated rings. The van der Waals surface area contributed by atoms with Crippen molar-refractivity contribution in [2.24, 2.45) is 5.92 Å². The molecule has 2 aliphatic heterocycles. The first-order chi connectivity index (χ1) is 11.4. The van der Waals surface area contributed by atoms with Crippen LogP contribution in [0.15, 0.2) is 0 Å². The maximum atomic E-state index is 9.68. The summed E-state index contributed by atoms with van der Waals surface area (Å²) in [5.74, 6) is 0.669. The Bertz CT molecular complexity index is 329. The minimum Gasteiger partial charge on any atom is -0.395 e. The van der Waals surface area contributed by atoms with Crippen molar-refractivity contribution < 1.29 is 5.11 Å². The van der Waals surface area contributed by atoms with Crippen LogP contribution in [-0.4, -0.2) is 61.2 Å². The van der Waals surface area contributed by atoms with E-state index in [1.807, 2.05) is 0 Å². The summed E-state index contributed by atoms with van der Waals surface area (Å²) in [5.41, 5.74) is 0. The van der Waals surface area contributed by atoms with Crippen molar-refractivity contribution >= 4 is 0 Å². The minimum absolute atomic E-state index is 0.273. The van der Waals surface area contributed by atoms with Gasteiger partial charge in [-0.15, -0.1) is 0 Å². The van der Waals surface area contributed by atoms with Gasteiger partial charge in [-0.05, 0) is 51.0 Å². The molecule has 0 bridgehead atoms. The van der Waals surface area contributed by atoms with Crippen molar-refractivity contribution in [1.29, 1.82) is 0 Å². The molecule has 2 heterocycles. The molecular formula is C18H36N4O. The van der Waals surface area contributed by atoms with E-state index >= 15 is 0 Å². The van der Waals surface area contributed by atoms with Gasteiger partial charge in [0.1, 0.15) is 0 Å². The molecule has 3 rings (SSSR count). The molecule has 1 saturated carbocycles. The van der Waals surface area contributed by atoms with Crippen LogP contribution in [-0.2, 0) is 0 Å². The predicted molar refractivity (Wildman–Crippen MR) is 94.2 cm³/mol. The fraction of sp³-hybridized carbons (Fsp3) is 1.00. The maximum Gasteiger partial charge on any atom is 0.0597 e. The third-order valence-electron chi connectivity index (χ3n) is 6.12. The SMILES string of the molecule is OC[C@@H](NCN[C@@H]1CCN(C2CCCCN2)C1)C1CCCCC1. The second-order valence-electron chi connectivity index (χ2n) is 7.72. The van der Waals surface area contributed by atoms with E-state index in [-0.39, 0.29) is 12.6 Å². The number of likely N-dealkylation sites (tertiary alicyclic amines) is 1. The molecule has 0 spiro atoms. The molecule has 5 heteroatoms. The summed E-state index contributed by atoms with van der Waals surface area (Å²) in [7, 11) is 0. The van der Waals surface area contributed by atoms with Crippen molar-refractivity contribution in [2.45, 2.75) is 76.0 Å². The van der Waals surface area contributed by atoms with Crippen LogP contribution < -0.4 is 16.0 Å². The van der Waals surface area contributed by atoms with E-state index in [0.29, 0.717) is 18.1 Å². The van der Waals surface area contributed by atoms with E-state index < -0.39 is 0 Å². The fourth-order valence-corrected chi connectivity index (χ4v) is 4.63. The average molecular weight is 325 g/mol. The summed E-state index contributed by atoms with van der Waals surface area (Å²) in [4.78, 5) is 2.61. The first kappa shape index (κ1) is 17.6. The van der Waals surface area contributed by atoms with Crippen LogP contribution in [0, 0.1) is 5.92 Å². The molecule has 0 amide bonds. The van der Waals surface area contributed by atoms with E-state index in [1.165, 1.54) is 70.9 Å². The summed E-state index contributed by atoms with van der Waals surface area (Å²) in [6, 6.07) is 0.872. The van der Waals surface area contributed by atoms with Gasteiger partial charge in [-0.2, -0.15) is 0 Å². The Balaban J connectivity index is 1.33. The number of hydrogen-bond acceptors (Lipinski definition) is 5. The van der Waals surface area contributed by atoms with Crippen molar-refractivity contribution in [3.63, 3.8) is 0 Å². The number of aliphatic hydroxyl groups excluding tert-OH is 1. The number of aliphatic hydroxyl groups is 1. The lowest BCUT2D eigenvalue weighted by molar-refractivity contribution is 0.161. The van der Waals surface area contributed by atoms with Crippen LogP contribution in [0.5, 0.6) is 0 Å².